The molecule has 2 nitrogen and oxygen atoms in total. The van der Waals surface area contributed by atoms with Gasteiger partial charge in [-0.3, -0.25) is 4.90 Å². The Kier molecular flexibility index (Phi) is 5.28. The average Bonchev–Trinajstić information content (AvgIpc) is 2.30. The fourth-order valence-electron chi connectivity index (χ4n) is 2.68. The second kappa shape index (κ2) is 6.76. The molecule has 3 heteroatoms. The maximum atomic E-state index is 5.80. The molecule has 0 N–H and O–H groups in total. The molecule has 1 heterocycles. The second-order valence-electron chi connectivity index (χ2n) is 5.78. The van der Waals surface area contributed by atoms with Gasteiger partial charge in [-0.2, -0.15) is 0 Å². The van der Waals surface area contributed by atoms with Crippen LogP contribution in [0.25, 0.3) is 0 Å². The lowest BCUT2D eigenvalue weighted by molar-refractivity contribution is 0.152. The van der Waals surface area contributed by atoms with Gasteiger partial charge in [-0.15, -0.1) is 0 Å². The van der Waals surface area contributed by atoms with Crippen LogP contribution in [0.2, 0.25) is 0 Å². The number of rotatable bonds is 4. The van der Waals surface area contributed by atoms with E-state index in [1.807, 2.05) is 6.07 Å². The van der Waals surface area contributed by atoms with Gasteiger partial charge < -0.3 is 4.74 Å². The number of ether oxygens (including phenoxy) is 1. The van der Waals surface area contributed by atoms with E-state index in [4.69, 9.17) is 4.74 Å². The number of benzene rings is 1. The van der Waals surface area contributed by atoms with Crippen LogP contribution in [-0.4, -0.2) is 23.6 Å². The van der Waals surface area contributed by atoms with Crippen LogP contribution < -0.4 is 4.74 Å². The number of hydrogen-bond donors (Lipinski definition) is 0. The molecule has 1 aromatic carbocycles. The lowest BCUT2D eigenvalue weighted by Crippen LogP contribution is -2.36. The van der Waals surface area contributed by atoms with E-state index in [0.29, 0.717) is 6.04 Å². The van der Waals surface area contributed by atoms with E-state index in [1.54, 1.807) is 0 Å². The molecule has 0 saturated carbocycles. The lowest BCUT2D eigenvalue weighted by Gasteiger charge is -2.33. The Balaban J connectivity index is 2.08. The normalized spacial score (nSPS) is 20.8. The van der Waals surface area contributed by atoms with Crippen LogP contribution in [0.4, 0.5) is 0 Å². The summed E-state index contributed by atoms with van der Waals surface area (Å²) in [6.07, 6.45) is 4.24. The minimum atomic E-state index is 0.219. The van der Waals surface area contributed by atoms with Gasteiger partial charge in [-0.1, -0.05) is 22.4 Å². The SMILES string of the molecule is CC(C)Oc1cc(Br)cc(CN2CCCCC2C)c1. The number of nitrogens with zero attached hydrogens (tertiary/aromatic N) is 1. The summed E-state index contributed by atoms with van der Waals surface area (Å²) in [4.78, 5) is 2.57. The first-order valence-electron chi connectivity index (χ1n) is 7.25. The van der Waals surface area contributed by atoms with Crippen molar-refractivity contribution < 1.29 is 4.74 Å². The molecular weight excluding hydrogens is 302 g/mol. The summed E-state index contributed by atoms with van der Waals surface area (Å²) in [7, 11) is 0. The molecule has 0 radical (unpaired) electrons. The molecule has 1 saturated heterocycles. The summed E-state index contributed by atoms with van der Waals surface area (Å²) in [5, 5.41) is 0. The van der Waals surface area contributed by atoms with Gasteiger partial charge >= 0.3 is 0 Å². The van der Waals surface area contributed by atoms with Crippen molar-refractivity contribution in [2.75, 3.05) is 6.54 Å². The van der Waals surface area contributed by atoms with Crippen molar-refractivity contribution in [1.29, 1.82) is 0 Å². The van der Waals surface area contributed by atoms with E-state index in [9.17, 15) is 0 Å². The molecule has 0 aromatic heterocycles. The fourth-order valence-corrected chi connectivity index (χ4v) is 3.20. The van der Waals surface area contributed by atoms with Crippen molar-refractivity contribution in [3.63, 3.8) is 0 Å². The maximum absolute atomic E-state index is 5.80. The van der Waals surface area contributed by atoms with E-state index in [0.717, 1.165) is 16.8 Å². The zero-order valence-corrected chi connectivity index (χ0v) is 13.7. The van der Waals surface area contributed by atoms with Gasteiger partial charge in [0.05, 0.1) is 6.10 Å². The van der Waals surface area contributed by atoms with Crippen molar-refractivity contribution in [3.05, 3.63) is 28.2 Å². The average molecular weight is 326 g/mol. The van der Waals surface area contributed by atoms with Gasteiger partial charge in [-0.25, -0.2) is 0 Å². The zero-order chi connectivity index (χ0) is 13.8. The molecule has 1 aliphatic heterocycles. The molecule has 19 heavy (non-hydrogen) atoms. The molecule has 106 valence electrons. The van der Waals surface area contributed by atoms with Gasteiger partial charge in [0, 0.05) is 17.1 Å². The molecule has 1 aliphatic rings. The molecule has 0 amide bonds. The molecule has 1 aromatic rings. The third-order valence-corrected chi connectivity index (χ3v) is 4.09. The number of halogens is 1. The summed E-state index contributed by atoms with van der Waals surface area (Å²) in [6.45, 7) is 8.70. The highest BCUT2D eigenvalue weighted by atomic mass is 79.9. The molecule has 1 fully saturated rings. The van der Waals surface area contributed by atoms with E-state index in [-0.39, 0.29) is 6.10 Å². The Morgan fingerprint density at radius 3 is 2.79 bits per heavy atom. The van der Waals surface area contributed by atoms with Crippen LogP contribution in [-0.2, 0) is 6.54 Å². The van der Waals surface area contributed by atoms with Crippen LogP contribution >= 0.6 is 15.9 Å². The van der Waals surface area contributed by atoms with Crippen LogP contribution in [0, 0.1) is 0 Å². The van der Waals surface area contributed by atoms with Crippen molar-refractivity contribution in [2.24, 2.45) is 0 Å². The Labute approximate surface area is 125 Å². The summed E-state index contributed by atoms with van der Waals surface area (Å²) in [5.74, 6) is 0.962. The molecule has 0 aliphatic carbocycles. The molecule has 0 spiro atoms. The summed E-state index contributed by atoms with van der Waals surface area (Å²) < 4.78 is 6.91. The third kappa shape index (κ3) is 4.50. The van der Waals surface area contributed by atoms with Crippen LogP contribution in [0.15, 0.2) is 22.7 Å². The van der Waals surface area contributed by atoms with Crippen LogP contribution in [0.5, 0.6) is 5.75 Å². The summed E-state index contributed by atoms with van der Waals surface area (Å²) in [5.41, 5.74) is 1.33. The van der Waals surface area contributed by atoms with Gasteiger partial charge in [0.1, 0.15) is 5.75 Å². The first kappa shape index (κ1) is 14.9. The van der Waals surface area contributed by atoms with Crippen molar-refractivity contribution in [3.8, 4) is 5.75 Å². The topological polar surface area (TPSA) is 12.5 Å². The van der Waals surface area contributed by atoms with Gasteiger partial charge in [0.2, 0.25) is 0 Å². The fraction of sp³-hybridized carbons (Fsp3) is 0.625. The molecular formula is C16H24BrNO. The van der Waals surface area contributed by atoms with Crippen LogP contribution in [0.1, 0.15) is 45.6 Å². The van der Waals surface area contributed by atoms with E-state index >= 15 is 0 Å². The Bertz CT molecular complexity index is 419. The smallest absolute Gasteiger partial charge is 0.121 e. The monoisotopic (exact) mass is 325 g/mol. The maximum Gasteiger partial charge on any atom is 0.121 e. The number of hydrogen-bond acceptors (Lipinski definition) is 2. The van der Waals surface area contributed by atoms with Crippen molar-refractivity contribution in [2.45, 2.75) is 58.7 Å². The van der Waals surface area contributed by atoms with Crippen molar-refractivity contribution >= 4 is 15.9 Å². The highest BCUT2D eigenvalue weighted by Crippen LogP contribution is 2.25. The number of piperidine rings is 1. The van der Waals surface area contributed by atoms with Crippen molar-refractivity contribution in [1.82, 2.24) is 4.90 Å². The zero-order valence-electron chi connectivity index (χ0n) is 12.2. The van der Waals surface area contributed by atoms with Gasteiger partial charge in [-0.05, 0) is 63.9 Å². The summed E-state index contributed by atoms with van der Waals surface area (Å²) in [6, 6.07) is 7.12. The van der Waals surface area contributed by atoms with E-state index in [2.05, 4.69) is 53.7 Å². The summed E-state index contributed by atoms with van der Waals surface area (Å²) >= 11 is 3.58. The number of likely N-dealkylation sites (tertiary alicyclic amines) is 1. The van der Waals surface area contributed by atoms with Crippen LogP contribution in [0.3, 0.4) is 0 Å². The first-order valence-corrected chi connectivity index (χ1v) is 8.04. The molecule has 0 bridgehead atoms. The Morgan fingerprint density at radius 1 is 1.32 bits per heavy atom. The minimum absolute atomic E-state index is 0.219. The minimum Gasteiger partial charge on any atom is -0.491 e. The standard InChI is InChI=1S/C16H24BrNO/c1-12(2)19-16-9-14(8-15(17)10-16)11-18-7-5-4-6-13(18)3/h8-10,12-13H,4-7,11H2,1-3H3. The molecule has 1 unspecified atom stereocenters. The molecule has 1 atom stereocenters. The third-order valence-electron chi connectivity index (χ3n) is 3.63. The van der Waals surface area contributed by atoms with E-state index < -0.39 is 0 Å². The lowest BCUT2D eigenvalue weighted by atomic mass is 10.0. The van der Waals surface area contributed by atoms with Gasteiger partial charge in [0.25, 0.3) is 0 Å². The quantitative estimate of drug-likeness (QED) is 0.801. The molecule has 2 rings (SSSR count). The first-order chi connectivity index (χ1) is 9.04. The Hall–Kier alpha value is -0.540. The largest absolute Gasteiger partial charge is 0.491 e. The highest BCUT2D eigenvalue weighted by Gasteiger charge is 2.18. The second-order valence-corrected chi connectivity index (χ2v) is 6.69. The Morgan fingerprint density at radius 2 is 2.11 bits per heavy atom. The predicted molar refractivity (Wildman–Crippen MR) is 83.6 cm³/mol. The van der Waals surface area contributed by atoms with E-state index in [1.165, 1.54) is 31.4 Å². The highest BCUT2D eigenvalue weighted by molar-refractivity contribution is 9.10. The van der Waals surface area contributed by atoms with Gasteiger partial charge in [0.15, 0.2) is 0 Å². The predicted octanol–water partition coefficient (Wildman–Crippen LogP) is 4.61.